The van der Waals surface area contributed by atoms with E-state index in [0.717, 1.165) is 50.9 Å². The summed E-state index contributed by atoms with van der Waals surface area (Å²) in [5.41, 5.74) is -0.946. The molecule has 2 saturated heterocycles. The SMILES string of the molecule is COc1cc(C(F)(F)F)ccc1-c1nnc(NC2CCCN3CCCC23)c(=O)n1C. The number of methoxy groups -OCH3 is 1. The molecule has 2 aromatic rings. The number of alkyl halides is 3. The third-order valence-electron chi connectivity index (χ3n) is 6.00. The van der Waals surface area contributed by atoms with Gasteiger partial charge in [-0.2, -0.15) is 13.2 Å². The van der Waals surface area contributed by atoms with Crippen LogP contribution in [-0.4, -0.2) is 51.9 Å². The zero-order chi connectivity index (χ0) is 21.5. The maximum Gasteiger partial charge on any atom is 0.416 e. The Labute approximate surface area is 171 Å². The number of aromatic nitrogens is 3. The summed E-state index contributed by atoms with van der Waals surface area (Å²) in [4.78, 5) is 15.4. The van der Waals surface area contributed by atoms with Gasteiger partial charge in [0, 0.05) is 19.1 Å². The molecular formula is C20H24F3N5O2. The van der Waals surface area contributed by atoms with Crippen LogP contribution in [0, 0.1) is 0 Å². The second-order valence-corrected chi connectivity index (χ2v) is 7.79. The maximum absolute atomic E-state index is 13.0. The highest BCUT2D eigenvalue weighted by Gasteiger charge is 2.35. The summed E-state index contributed by atoms with van der Waals surface area (Å²) in [5.74, 6) is 0.275. The molecule has 162 valence electrons. The summed E-state index contributed by atoms with van der Waals surface area (Å²) in [5, 5.41) is 11.5. The molecule has 3 heterocycles. The second-order valence-electron chi connectivity index (χ2n) is 7.79. The molecule has 30 heavy (non-hydrogen) atoms. The predicted molar refractivity (Wildman–Crippen MR) is 106 cm³/mol. The average molecular weight is 423 g/mol. The second kappa shape index (κ2) is 7.90. The summed E-state index contributed by atoms with van der Waals surface area (Å²) in [6, 6.07) is 3.60. The van der Waals surface area contributed by atoms with Crippen molar-refractivity contribution in [3.63, 3.8) is 0 Å². The van der Waals surface area contributed by atoms with E-state index in [2.05, 4.69) is 20.4 Å². The monoisotopic (exact) mass is 423 g/mol. The summed E-state index contributed by atoms with van der Waals surface area (Å²) in [7, 11) is 2.80. The molecule has 4 rings (SSSR count). The minimum atomic E-state index is -4.49. The number of nitrogens with one attached hydrogen (secondary N) is 1. The number of hydrogen-bond acceptors (Lipinski definition) is 6. The van der Waals surface area contributed by atoms with Gasteiger partial charge in [-0.25, -0.2) is 0 Å². The van der Waals surface area contributed by atoms with E-state index in [0.29, 0.717) is 6.04 Å². The molecule has 1 N–H and O–H groups in total. The number of rotatable bonds is 4. The first-order valence-electron chi connectivity index (χ1n) is 9.99. The summed E-state index contributed by atoms with van der Waals surface area (Å²) in [6.45, 7) is 2.17. The standard InChI is InChI=1S/C20H24F3N5O2/c1-27-18(13-8-7-12(20(21,22)23)11-16(13)30-2)26-25-17(19(27)29)24-14-5-3-9-28-10-4-6-15(14)28/h7-8,11,14-15H,3-6,9-10H2,1-2H3,(H,24,25). The lowest BCUT2D eigenvalue weighted by molar-refractivity contribution is -0.137. The van der Waals surface area contributed by atoms with Crippen molar-refractivity contribution in [3.05, 3.63) is 34.1 Å². The Hall–Kier alpha value is -2.62. The minimum absolute atomic E-state index is 0.0243. The number of nitrogens with zero attached hydrogens (tertiary/aromatic N) is 4. The van der Waals surface area contributed by atoms with E-state index in [1.807, 2.05) is 0 Å². The van der Waals surface area contributed by atoms with Crippen molar-refractivity contribution in [1.82, 2.24) is 19.7 Å². The van der Waals surface area contributed by atoms with E-state index < -0.39 is 11.7 Å². The summed E-state index contributed by atoms with van der Waals surface area (Å²) in [6.07, 6.45) is -0.236. The fourth-order valence-electron chi connectivity index (χ4n) is 4.48. The fraction of sp³-hybridized carbons (Fsp3) is 0.550. The van der Waals surface area contributed by atoms with Crippen molar-refractivity contribution in [3.8, 4) is 17.1 Å². The van der Waals surface area contributed by atoms with Crippen LogP contribution in [0.2, 0.25) is 0 Å². The lowest BCUT2D eigenvalue weighted by atomic mass is 9.96. The van der Waals surface area contributed by atoms with E-state index in [1.165, 1.54) is 24.8 Å². The Morgan fingerprint density at radius 3 is 2.60 bits per heavy atom. The Balaban J connectivity index is 1.64. The molecule has 1 aromatic carbocycles. The molecular weight excluding hydrogens is 399 g/mol. The highest BCUT2D eigenvalue weighted by Crippen LogP contribution is 2.36. The molecule has 10 heteroatoms. The molecule has 0 amide bonds. The van der Waals surface area contributed by atoms with Gasteiger partial charge < -0.3 is 10.1 Å². The zero-order valence-corrected chi connectivity index (χ0v) is 16.9. The van der Waals surface area contributed by atoms with Crippen LogP contribution in [0.15, 0.2) is 23.0 Å². The first-order valence-corrected chi connectivity index (χ1v) is 9.99. The number of ether oxygens (including phenoxy) is 1. The Bertz CT molecular complexity index is 991. The van der Waals surface area contributed by atoms with Crippen LogP contribution in [0.4, 0.5) is 19.0 Å². The third-order valence-corrected chi connectivity index (χ3v) is 6.00. The third kappa shape index (κ3) is 3.76. The van der Waals surface area contributed by atoms with Gasteiger partial charge in [-0.3, -0.25) is 14.3 Å². The molecule has 0 saturated carbocycles. The highest BCUT2D eigenvalue weighted by molar-refractivity contribution is 5.65. The first-order chi connectivity index (χ1) is 14.3. The lowest BCUT2D eigenvalue weighted by Gasteiger charge is -2.37. The molecule has 0 aliphatic carbocycles. The fourth-order valence-corrected chi connectivity index (χ4v) is 4.48. The van der Waals surface area contributed by atoms with Crippen LogP contribution < -0.4 is 15.6 Å². The van der Waals surface area contributed by atoms with Gasteiger partial charge in [0.15, 0.2) is 5.82 Å². The highest BCUT2D eigenvalue weighted by atomic mass is 19.4. The van der Waals surface area contributed by atoms with Crippen molar-refractivity contribution in [2.45, 2.75) is 43.9 Å². The van der Waals surface area contributed by atoms with Gasteiger partial charge in [0.25, 0.3) is 5.56 Å². The van der Waals surface area contributed by atoms with Crippen molar-refractivity contribution < 1.29 is 17.9 Å². The molecule has 2 aliphatic heterocycles. The van der Waals surface area contributed by atoms with Crippen LogP contribution in [-0.2, 0) is 13.2 Å². The number of anilines is 1. The number of benzene rings is 1. The van der Waals surface area contributed by atoms with Crippen LogP contribution in [0.25, 0.3) is 11.4 Å². The van der Waals surface area contributed by atoms with E-state index >= 15 is 0 Å². The smallest absolute Gasteiger partial charge is 0.416 e. The van der Waals surface area contributed by atoms with Crippen LogP contribution in [0.1, 0.15) is 31.2 Å². The molecule has 2 aliphatic rings. The lowest BCUT2D eigenvalue weighted by Crippen LogP contribution is -2.48. The molecule has 1 aromatic heterocycles. The molecule has 0 spiro atoms. The van der Waals surface area contributed by atoms with Crippen LogP contribution in [0.5, 0.6) is 5.75 Å². The predicted octanol–water partition coefficient (Wildman–Crippen LogP) is 2.91. The Kier molecular flexibility index (Phi) is 5.44. The van der Waals surface area contributed by atoms with Gasteiger partial charge in [0.05, 0.1) is 18.2 Å². The molecule has 2 fully saturated rings. The topological polar surface area (TPSA) is 72.3 Å². The molecule has 2 atom stereocenters. The van der Waals surface area contributed by atoms with Crippen LogP contribution in [0.3, 0.4) is 0 Å². The molecule has 7 nitrogen and oxygen atoms in total. The van der Waals surface area contributed by atoms with Crippen molar-refractivity contribution in [1.29, 1.82) is 0 Å². The number of fused-ring (bicyclic) bond motifs is 1. The average Bonchev–Trinajstić information content (AvgIpc) is 3.20. The van der Waals surface area contributed by atoms with Gasteiger partial charge in [-0.1, -0.05) is 0 Å². The quantitative estimate of drug-likeness (QED) is 0.816. The van der Waals surface area contributed by atoms with E-state index in [9.17, 15) is 18.0 Å². The largest absolute Gasteiger partial charge is 0.496 e. The molecule has 2 unspecified atom stereocenters. The number of hydrogen-bond donors (Lipinski definition) is 1. The van der Waals surface area contributed by atoms with Gasteiger partial charge in [-0.05, 0) is 57.0 Å². The van der Waals surface area contributed by atoms with E-state index in [1.54, 1.807) is 0 Å². The van der Waals surface area contributed by atoms with Gasteiger partial charge in [0.1, 0.15) is 5.75 Å². The normalized spacial score (nSPS) is 22.0. The van der Waals surface area contributed by atoms with Crippen molar-refractivity contribution in [2.24, 2.45) is 7.05 Å². The van der Waals surface area contributed by atoms with Gasteiger partial charge >= 0.3 is 6.18 Å². The van der Waals surface area contributed by atoms with E-state index in [-0.39, 0.29) is 34.6 Å². The Morgan fingerprint density at radius 1 is 1.17 bits per heavy atom. The zero-order valence-electron chi connectivity index (χ0n) is 16.9. The van der Waals surface area contributed by atoms with Crippen LogP contribution >= 0.6 is 0 Å². The van der Waals surface area contributed by atoms with Crippen molar-refractivity contribution >= 4 is 5.82 Å². The maximum atomic E-state index is 13.0. The van der Waals surface area contributed by atoms with Gasteiger partial charge in [-0.15, -0.1) is 10.2 Å². The van der Waals surface area contributed by atoms with Gasteiger partial charge in [0.2, 0.25) is 5.82 Å². The summed E-state index contributed by atoms with van der Waals surface area (Å²) >= 11 is 0. The molecule has 0 radical (unpaired) electrons. The van der Waals surface area contributed by atoms with E-state index in [4.69, 9.17) is 4.74 Å². The Morgan fingerprint density at radius 2 is 1.90 bits per heavy atom. The molecule has 0 bridgehead atoms. The summed E-state index contributed by atoms with van der Waals surface area (Å²) < 4.78 is 45.4. The first kappa shape index (κ1) is 20.6. The van der Waals surface area contributed by atoms with Crippen molar-refractivity contribution in [2.75, 3.05) is 25.5 Å². The number of halogens is 3. The minimum Gasteiger partial charge on any atom is -0.496 e. The number of piperidine rings is 1.